The van der Waals surface area contributed by atoms with Gasteiger partial charge in [0.2, 0.25) is 11.1 Å². The number of aromatic nitrogens is 4. The van der Waals surface area contributed by atoms with Gasteiger partial charge in [0, 0.05) is 42.4 Å². The molecule has 2 aliphatic rings. The summed E-state index contributed by atoms with van der Waals surface area (Å²) in [5, 5.41) is 32.3. The third-order valence-corrected chi connectivity index (χ3v) is 6.21. The van der Waals surface area contributed by atoms with Crippen molar-refractivity contribution < 1.29 is 42.9 Å². The van der Waals surface area contributed by atoms with Crippen molar-refractivity contribution >= 4 is 70.9 Å². The first-order chi connectivity index (χ1) is 15.2. The molecule has 1 fully saturated rings. The number of methoxy groups -OCH3 is 1. The second-order valence-electron chi connectivity index (χ2n) is 6.35. The van der Waals surface area contributed by atoms with Crippen LogP contribution in [0.4, 0.5) is 8.78 Å². The van der Waals surface area contributed by atoms with Crippen LogP contribution in [-0.2, 0) is 30.4 Å². The summed E-state index contributed by atoms with van der Waals surface area (Å²) in [5.74, 6) is -6.56. The second-order valence-corrected chi connectivity index (χ2v) is 8.27. The van der Waals surface area contributed by atoms with Gasteiger partial charge in [-0.2, -0.15) is 8.78 Å². The molecule has 33 heavy (non-hydrogen) atoms. The number of amides is 2. The zero-order chi connectivity index (χ0) is 23.5. The van der Waals surface area contributed by atoms with Crippen molar-refractivity contribution in [2.75, 3.05) is 31.8 Å². The summed E-state index contributed by atoms with van der Waals surface area (Å²) in [4.78, 5) is 37.6. The predicted molar refractivity (Wildman–Crippen MR) is 109 cm³/mol. The van der Waals surface area contributed by atoms with Crippen molar-refractivity contribution in [1.29, 1.82) is 0 Å². The van der Waals surface area contributed by atoms with E-state index in [0.29, 0.717) is 5.16 Å². The average Bonchev–Trinajstić information content (AvgIpc) is 3.20. The van der Waals surface area contributed by atoms with E-state index >= 15 is 0 Å². The third kappa shape index (κ3) is 5.67. The zero-order valence-corrected chi connectivity index (χ0v) is 21.1. The zero-order valence-electron chi connectivity index (χ0n) is 17.4. The number of hydrogen-bond acceptors (Lipinski definition) is 11. The molecule has 0 saturated carbocycles. The Morgan fingerprint density at radius 2 is 2.18 bits per heavy atom. The van der Waals surface area contributed by atoms with Crippen LogP contribution in [0, 0.1) is 0 Å². The second kappa shape index (κ2) is 11.9. The van der Waals surface area contributed by atoms with Crippen molar-refractivity contribution in [3.63, 3.8) is 0 Å². The van der Waals surface area contributed by atoms with Gasteiger partial charge >= 0.3 is 5.97 Å². The number of aliphatic hydroxyl groups excluding tert-OH is 1. The minimum Gasteiger partial charge on any atom is -0.477 e. The maximum Gasteiger partial charge on any atom is 0.352 e. The van der Waals surface area contributed by atoms with Gasteiger partial charge in [-0.3, -0.25) is 14.5 Å². The van der Waals surface area contributed by atoms with E-state index in [2.05, 4.69) is 20.8 Å². The topological polar surface area (TPSA) is 169 Å². The molecule has 3 N–H and O–H groups in total. The number of ether oxygens (including phenoxy) is 2. The molecule has 1 aromatic rings. The molecule has 0 spiro atoms. The van der Waals surface area contributed by atoms with E-state index in [0.717, 1.165) is 23.8 Å². The number of aliphatic hydroxyl groups is 1. The quantitative estimate of drug-likeness (QED) is 0.132. The van der Waals surface area contributed by atoms with Crippen LogP contribution >= 0.6 is 23.5 Å². The van der Waals surface area contributed by atoms with E-state index in [1.54, 1.807) is 0 Å². The summed E-state index contributed by atoms with van der Waals surface area (Å²) in [7, 11) is 1.11. The Morgan fingerprint density at radius 3 is 2.79 bits per heavy atom. The molecule has 2 amide bonds. The number of hydrogen-bond donors (Lipinski definition) is 3. The number of tetrazole rings is 1. The van der Waals surface area contributed by atoms with E-state index in [1.807, 2.05) is 0 Å². The van der Waals surface area contributed by atoms with E-state index in [4.69, 9.17) is 14.6 Å². The third-order valence-electron chi connectivity index (χ3n) is 4.49. The number of nitrogens with zero attached hydrogens (tertiary/aromatic N) is 5. The van der Waals surface area contributed by atoms with Crippen LogP contribution in [0.2, 0.25) is 0 Å². The smallest absolute Gasteiger partial charge is 0.352 e. The van der Waals surface area contributed by atoms with Gasteiger partial charge in [-0.25, -0.2) is 9.48 Å². The summed E-state index contributed by atoms with van der Waals surface area (Å²) >= 11 is 1.14. The van der Waals surface area contributed by atoms with E-state index in [-0.39, 0.29) is 78.1 Å². The fourth-order valence-corrected chi connectivity index (χ4v) is 4.37. The Labute approximate surface area is 215 Å². The number of thioether (sulfide) groups is 2. The molecule has 18 heteroatoms. The SMILES string of the molecule is CO[C@@]1(NC(=O)CSC(F)F)C(=O)N2C(C(=O)O)=C(CSc3nnnn3CCO)CO[C@@H]21.[Na]. The molecule has 13 nitrogen and oxygen atoms in total. The van der Waals surface area contributed by atoms with E-state index < -0.39 is 41.2 Å². The predicted octanol–water partition coefficient (Wildman–Crippen LogP) is -1.67. The number of fused-ring (bicyclic) bond motifs is 1. The van der Waals surface area contributed by atoms with Crippen LogP contribution in [-0.4, -0.2) is 132 Å². The van der Waals surface area contributed by atoms with Gasteiger partial charge < -0.3 is 25.0 Å². The number of carboxylic acid groups (broad SMARTS) is 1. The van der Waals surface area contributed by atoms with Crippen molar-refractivity contribution in [2.24, 2.45) is 0 Å². The molecule has 3 rings (SSSR count). The van der Waals surface area contributed by atoms with Crippen molar-refractivity contribution in [3.05, 3.63) is 11.3 Å². The molecular weight excluding hydrogens is 501 g/mol. The number of carbonyl (C=O) groups is 3. The normalized spacial score (nSPS) is 22.0. The maximum atomic E-state index is 12.8. The van der Waals surface area contributed by atoms with Gasteiger partial charge in [0.05, 0.1) is 25.5 Å². The molecule has 0 aliphatic carbocycles. The standard InChI is InChI=1S/C15H18F2N6O7S2.Na/c1-29-15(18-8(25)6-31-13(16)17)11(28)23-9(10(26)27)7(4-30-12(15)23)5-32-14-19-20-21-22(14)2-3-24;/h12-13,24H,2-6H2,1H3,(H,18,25)(H,26,27);/t12-,15+;/m1./s1. The number of carboxylic acids is 1. The minimum atomic E-state index is -2.78. The van der Waals surface area contributed by atoms with Crippen LogP contribution < -0.4 is 5.32 Å². The molecule has 0 unspecified atom stereocenters. The monoisotopic (exact) mass is 519 g/mol. The van der Waals surface area contributed by atoms with Gasteiger partial charge in [-0.15, -0.1) is 5.10 Å². The van der Waals surface area contributed by atoms with Crippen molar-refractivity contribution in [3.8, 4) is 0 Å². The number of β-lactam (4-membered cyclic amide) rings is 1. The van der Waals surface area contributed by atoms with Crippen LogP contribution in [0.3, 0.4) is 0 Å². The van der Waals surface area contributed by atoms with E-state index in [9.17, 15) is 28.3 Å². The summed E-state index contributed by atoms with van der Waals surface area (Å²) in [6, 6.07) is 0. The summed E-state index contributed by atoms with van der Waals surface area (Å²) in [6.45, 7) is -0.268. The molecule has 2 aliphatic heterocycles. The number of rotatable bonds is 11. The first kappa shape index (κ1) is 27.9. The van der Waals surface area contributed by atoms with Gasteiger partial charge in [0.25, 0.3) is 17.4 Å². The molecule has 1 radical (unpaired) electrons. The Kier molecular flexibility index (Phi) is 10.0. The number of carbonyl (C=O) groups excluding carboxylic acids is 2. The Morgan fingerprint density at radius 1 is 1.45 bits per heavy atom. The first-order valence-electron chi connectivity index (χ1n) is 8.91. The van der Waals surface area contributed by atoms with Crippen LogP contribution in [0.5, 0.6) is 0 Å². The number of alkyl halides is 2. The van der Waals surface area contributed by atoms with Crippen molar-refractivity contribution in [2.45, 2.75) is 29.4 Å². The fourth-order valence-electron chi connectivity index (χ4n) is 3.12. The molecule has 2 atom stereocenters. The number of nitrogens with one attached hydrogen (secondary N) is 1. The Bertz CT molecular complexity index is 938. The Balaban J connectivity index is 0.00000385. The van der Waals surface area contributed by atoms with Gasteiger partial charge in [0.15, 0.2) is 6.23 Å². The van der Waals surface area contributed by atoms with Gasteiger partial charge in [-0.1, -0.05) is 23.5 Å². The Hall–Kier alpha value is -1.34. The molecule has 1 aromatic heterocycles. The summed E-state index contributed by atoms with van der Waals surface area (Å²) < 4.78 is 36.7. The molecular formula is C15H18F2N6NaO7S2. The molecule has 0 aromatic carbocycles. The molecule has 1 saturated heterocycles. The van der Waals surface area contributed by atoms with Crippen LogP contribution in [0.25, 0.3) is 0 Å². The van der Waals surface area contributed by atoms with Gasteiger partial charge in [-0.05, 0) is 16.0 Å². The number of aliphatic carboxylic acids is 1. The molecule has 0 bridgehead atoms. The first-order valence-corrected chi connectivity index (χ1v) is 10.9. The molecule has 3 heterocycles. The summed E-state index contributed by atoms with van der Waals surface area (Å²) in [6.07, 6.45) is -1.29. The summed E-state index contributed by atoms with van der Waals surface area (Å²) in [5.41, 5.74) is -2.12. The fraction of sp³-hybridized carbons (Fsp3) is 0.600. The average molecular weight is 519 g/mol. The van der Waals surface area contributed by atoms with Crippen LogP contribution in [0.1, 0.15) is 0 Å². The largest absolute Gasteiger partial charge is 0.477 e. The van der Waals surface area contributed by atoms with Crippen molar-refractivity contribution in [1.82, 2.24) is 30.4 Å². The minimum absolute atomic E-state index is 0. The number of halogens is 2. The van der Waals surface area contributed by atoms with Gasteiger partial charge in [0.1, 0.15) is 5.70 Å². The maximum absolute atomic E-state index is 12.8. The van der Waals surface area contributed by atoms with Crippen LogP contribution in [0.15, 0.2) is 16.4 Å². The molecule has 177 valence electrons. The van der Waals surface area contributed by atoms with E-state index in [1.165, 1.54) is 4.68 Å².